The normalized spacial score (nSPS) is 19.0. The number of aromatic nitrogens is 3. The molecule has 1 aliphatic heterocycles. The summed E-state index contributed by atoms with van der Waals surface area (Å²) in [5.41, 5.74) is 2.29. The van der Waals surface area contributed by atoms with E-state index in [9.17, 15) is 4.79 Å². The number of morpholine rings is 1. The first kappa shape index (κ1) is 15.4. The van der Waals surface area contributed by atoms with Crippen LogP contribution in [0.15, 0.2) is 47.4 Å². The van der Waals surface area contributed by atoms with E-state index in [0.717, 1.165) is 29.4 Å². The molecule has 3 aromatic rings. The van der Waals surface area contributed by atoms with Crippen LogP contribution in [0.1, 0.15) is 17.4 Å². The second kappa shape index (κ2) is 6.39. The molecule has 0 spiro atoms. The van der Waals surface area contributed by atoms with Crippen molar-refractivity contribution in [1.29, 1.82) is 0 Å². The van der Waals surface area contributed by atoms with Crippen molar-refractivity contribution >= 4 is 17.2 Å². The van der Waals surface area contributed by atoms with Gasteiger partial charge >= 0.3 is 0 Å². The van der Waals surface area contributed by atoms with E-state index in [-0.39, 0.29) is 11.7 Å². The van der Waals surface area contributed by atoms with Gasteiger partial charge in [0, 0.05) is 48.5 Å². The van der Waals surface area contributed by atoms with Gasteiger partial charge in [-0.25, -0.2) is 9.50 Å². The van der Waals surface area contributed by atoms with Gasteiger partial charge in [-0.15, -0.1) is 0 Å². The molecule has 4 rings (SSSR count). The first-order valence-electron chi connectivity index (χ1n) is 7.85. The van der Waals surface area contributed by atoms with Crippen molar-refractivity contribution < 1.29 is 4.74 Å². The second-order valence-electron chi connectivity index (χ2n) is 5.86. The number of hydrogen-bond acceptors (Lipinski definition) is 4. The fourth-order valence-corrected chi connectivity index (χ4v) is 3.32. The van der Waals surface area contributed by atoms with Crippen LogP contribution in [0.25, 0.3) is 5.65 Å². The Hall–Kier alpha value is -2.15. The van der Waals surface area contributed by atoms with Crippen LogP contribution in [0.3, 0.4) is 0 Å². The largest absolute Gasteiger partial charge is 0.371 e. The molecule has 1 saturated heterocycles. The van der Waals surface area contributed by atoms with E-state index >= 15 is 0 Å². The SMILES string of the molecule is O=c1cc(CN2CCOC(c3ccccc3Cl)C2)nc2cc[nH]n12. The first-order valence-corrected chi connectivity index (χ1v) is 8.23. The van der Waals surface area contributed by atoms with Crippen molar-refractivity contribution in [3.05, 3.63) is 69.2 Å². The molecule has 0 aliphatic carbocycles. The molecular formula is C17H17ClN4O2. The summed E-state index contributed by atoms with van der Waals surface area (Å²) in [6.45, 7) is 2.76. The predicted molar refractivity (Wildman–Crippen MR) is 91.2 cm³/mol. The van der Waals surface area contributed by atoms with Gasteiger partial charge in [-0.2, -0.15) is 0 Å². The third-order valence-corrected chi connectivity index (χ3v) is 4.57. The molecular weight excluding hydrogens is 328 g/mol. The molecule has 0 amide bonds. The zero-order valence-corrected chi connectivity index (χ0v) is 13.7. The summed E-state index contributed by atoms with van der Waals surface area (Å²) < 4.78 is 7.30. The molecule has 124 valence electrons. The van der Waals surface area contributed by atoms with E-state index in [4.69, 9.17) is 16.3 Å². The van der Waals surface area contributed by atoms with E-state index in [1.807, 2.05) is 24.3 Å². The molecule has 1 atom stereocenters. The van der Waals surface area contributed by atoms with Crippen LogP contribution in [0.4, 0.5) is 0 Å². The second-order valence-corrected chi connectivity index (χ2v) is 6.27. The number of benzene rings is 1. The molecule has 1 aromatic carbocycles. The average molecular weight is 345 g/mol. The van der Waals surface area contributed by atoms with Gasteiger partial charge in [0.25, 0.3) is 5.56 Å². The Kier molecular flexibility index (Phi) is 4.10. The molecule has 1 fully saturated rings. The molecule has 0 bridgehead atoms. The molecule has 6 nitrogen and oxygen atoms in total. The lowest BCUT2D eigenvalue weighted by molar-refractivity contribution is -0.0332. The summed E-state index contributed by atoms with van der Waals surface area (Å²) in [5.74, 6) is 0. The van der Waals surface area contributed by atoms with Crippen LogP contribution in [0, 0.1) is 0 Å². The average Bonchev–Trinajstić information content (AvgIpc) is 3.05. The zero-order valence-electron chi connectivity index (χ0n) is 13.0. The number of rotatable bonds is 3. The van der Waals surface area contributed by atoms with Gasteiger partial charge in [0.1, 0.15) is 0 Å². The number of nitrogens with zero attached hydrogens (tertiary/aromatic N) is 3. The summed E-state index contributed by atoms with van der Waals surface area (Å²) in [5, 5.41) is 3.56. The highest BCUT2D eigenvalue weighted by atomic mass is 35.5. The topological polar surface area (TPSA) is 62.6 Å². The van der Waals surface area contributed by atoms with Crippen LogP contribution >= 0.6 is 11.6 Å². The monoisotopic (exact) mass is 344 g/mol. The lowest BCUT2D eigenvalue weighted by Crippen LogP contribution is -2.38. The van der Waals surface area contributed by atoms with Crippen molar-refractivity contribution in [1.82, 2.24) is 19.5 Å². The summed E-state index contributed by atoms with van der Waals surface area (Å²) in [7, 11) is 0. The lowest BCUT2D eigenvalue weighted by Gasteiger charge is -2.33. The Morgan fingerprint density at radius 1 is 1.33 bits per heavy atom. The third-order valence-electron chi connectivity index (χ3n) is 4.22. The van der Waals surface area contributed by atoms with Gasteiger partial charge in [-0.05, 0) is 6.07 Å². The van der Waals surface area contributed by atoms with Crippen molar-refractivity contribution in [3.8, 4) is 0 Å². The van der Waals surface area contributed by atoms with Crippen LogP contribution < -0.4 is 5.56 Å². The predicted octanol–water partition coefficient (Wildman–Crippen LogP) is 2.25. The smallest absolute Gasteiger partial charge is 0.272 e. The molecule has 1 N–H and O–H groups in total. The Labute approximate surface area is 143 Å². The maximum Gasteiger partial charge on any atom is 0.272 e. The molecule has 7 heteroatoms. The number of halogens is 1. The van der Waals surface area contributed by atoms with E-state index in [0.29, 0.717) is 18.8 Å². The highest BCUT2D eigenvalue weighted by Crippen LogP contribution is 2.28. The van der Waals surface area contributed by atoms with Gasteiger partial charge < -0.3 is 4.74 Å². The molecule has 2 aromatic heterocycles. The quantitative estimate of drug-likeness (QED) is 0.791. The maximum absolute atomic E-state index is 12.1. The van der Waals surface area contributed by atoms with E-state index in [1.165, 1.54) is 4.52 Å². The highest BCUT2D eigenvalue weighted by Gasteiger charge is 2.24. The van der Waals surface area contributed by atoms with Crippen molar-refractivity contribution in [2.75, 3.05) is 19.7 Å². The summed E-state index contributed by atoms with van der Waals surface area (Å²) in [4.78, 5) is 18.8. The standard InChI is InChI=1S/C17H17ClN4O2/c18-14-4-2-1-3-13(14)15-11-21(7-8-24-15)10-12-9-17(23)22-16(20-12)5-6-19-22/h1-6,9,15,19H,7-8,10-11H2. The van der Waals surface area contributed by atoms with Gasteiger partial charge in [0.15, 0.2) is 5.65 Å². The highest BCUT2D eigenvalue weighted by molar-refractivity contribution is 6.31. The number of ether oxygens (including phenoxy) is 1. The molecule has 0 saturated carbocycles. The molecule has 1 unspecified atom stereocenters. The van der Waals surface area contributed by atoms with Crippen molar-refractivity contribution in [2.24, 2.45) is 0 Å². The summed E-state index contributed by atoms with van der Waals surface area (Å²) >= 11 is 6.28. The molecule has 0 radical (unpaired) electrons. The Morgan fingerprint density at radius 2 is 2.21 bits per heavy atom. The first-order chi connectivity index (χ1) is 11.7. The van der Waals surface area contributed by atoms with E-state index in [2.05, 4.69) is 15.0 Å². The minimum absolute atomic E-state index is 0.0652. The van der Waals surface area contributed by atoms with Gasteiger partial charge in [0.2, 0.25) is 0 Å². The summed E-state index contributed by atoms with van der Waals surface area (Å²) in [6.07, 6.45) is 1.64. The van der Waals surface area contributed by atoms with Crippen LogP contribution in [0.2, 0.25) is 5.02 Å². The summed E-state index contributed by atoms with van der Waals surface area (Å²) in [6, 6.07) is 11.1. The number of aromatic amines is 1. The van der Waals surface area contributed by atoms with Crippen LogP contribution in [0.5, 0.6) is 0 Å². The fourth-order valence-electron chi connectivity index (χ4n) is 3.06. The van der Waals surface area contributed by atoms with Crippen molar-refractivity contribution in [2.45, 2.75) is 12.6 Å². The Balaban J connectivity index is 1.54. The van der Waals surface area contributed by atoms with Crippen LogP contribution in [-0.4, -0.2) is 39.2 Å². The maximum atomic E-state index is 12.1. The van der Waals surface area contributed by atoms with Crippen molar-refractivity contribution in [3.63, 3.8) is 0 Å². The number of nitrogens with one attached hydrogen (secondary N) is 1. The Morgan fingerprint density at radius 3 is 3.08 bits per heavy atom. The number of H-pyrrole nitrogens is 1. The minimum atomic E-state index is -0.101. The van der Waals surface area contributed by atoms with Gasteiger partial charge in [-0.1, -0.05) is 29.8 Å². The van der Waals surface area contributed by atoms with E-state index in [1.54, 1.807) is 18.3 Å². The third kappa shape index (κ3) is 2.96. The van der Waals surface area contributed by atoms with E-state index < -0.39 is 0 Å². The fraction of sp³-hybridized carbons (Fsp3) is 0.294. The molecule has 24 heavy (non-hydrogen) atoms. The van der Waals surface area contributed by atoms with Gasteiger partial charge in [-0.3, -0.25) is 14.8 Å². The minimum Gasteiger partial charge on any atom is -0.371 e. The van der Waals surface area contributed by atoms with Crippen LogP contribution in [-0.2, 0) is 11.3 Å². The Bertz CT molecular complexity index is 920. The zero-order chi connectivity index (χ0) is 16.5. The van der Waals surface area contributed by atoms with Gasteiger partial charge in [0.05, 0.1) is 18.4 Å². The lowest BCUT2D eigenvalue weighted by atomic mass is 10.1. The molecule has 3 heterocycles. The number of hydrogen-bond donors (Lipinski definition) is 1. The number of fused-ring (bicyclic) bond motifs is 1. The molecule has 1 aliphatic rings.